The minimum Gasteiger partial charge on any atom is -0.481 e. The van der Waals surface area contributed by atoms with Gasteiger partial charge in [-0.15, -0.1) is 0 Å². The van der Waals surface area contributed by atoms with Gasteiger partial charge in [0.25, 0.3) is 0 Å². The van der Waals surface area contributed by atoms with Gasteiger partial charge >= 0.3 is 11.9 Å². The normalized spacial score (nSPS) is 40.1. The summed E-state index contributed by atoms with van der Waals surface area (Å²) in [6, 6.07) is 0. The van der Waals surface area contributed by atoms with E-state index in [2.05, 4.69) is 53.4 Å². The second-order valence-electron chi connectivity index (χ2n) is 19.2. The van der Waals surface area contributed by atoms with E-state index in [1.165, 1.54) is 5.57 Å². The molecule has 1 heterocycles. The van der Waals surface area contributed by atoms with Crippen molar-refractivity contribution in [2.45, 2.75) is 133 Å². The fraction of sp³-hybridized carbons (Fsp3) is 0.805. The zero-order valence-electron chi connectivity index (χ0n) is 31.7. The summed E-state index contributed by atoms with van der Waals surface area (Å²) in [6.07, 6.45) is 9.91. The molecule has 8 nitrogen and oxygen atoms in total. The summed E-state index contributed by atoms with van der Waals surface area (Å²) in [6.45, 7) is 21.1. The lowest BCUT2D eigenvalue weighted by Gasteiger charge is -2.72. The maximum Gasteiger partial charge on any atom is 0.309 e. The van der Waals surface area contributed by atoms with Crippen LogP contribution in [0.25, 0.3) is 0 Å². The van der Waals surface area contributed by atoms with Gasteiger partial charge in [0, 0.05) is 42.1 Å². The van der Waals surface area contributed by atoms with Crippen molar-refractivity contribution < 1.29 is 29.0 Å². The molecule has 4 fully saturated rings. The molecular formula is C41H62N2O6. The Morgan fingerprint density at radius 3 is 2.31 bits per heavy atom. The number of rotatable bonds is 8. The second kappa shape index (κ2) is 11.8. The van der Waals surface area contributed by atoms with E-state index in [-0.39, 0.29) is 57.6 Å². The smallest absolute Gasteiger partial charge is 0.309 e. The maximum atomic E-state index is 14.1. The monoisotopic (exact) mass is 678 g/mol. The van der Waals surface area contributed by atoms with Crippen LogP contribution in [0.15, 0.2) is 22.9 Å². The molecule has 4 saturated carbocycles. The molecule has 0 radical (unpaired) electrons. The third-order valence-electron chi connectivity index (χ3n) is 15.7. The number of aliphatic carboxylic acids is 1. The zero-order valence-corrected chi connectivity index (χ0v) is 31.7. The molecule has 6 rings (SSSR count). The zero-order chi connectivity index (χ0) is 36.1. The number of allylic oxidation sites excluding steroid dienone is 2. The predicted octanol–water partition coefficient (Wildman–Crippen LogP) is 7.11. The number of hydrogen-bond donors (Lipinski definition) is 2. The highest BCUT2D eigenvalue weighted by atomic mass is 16.5. The van der Waals surface area contributed by atoms with E-state index in [4.69, 9.17) is 10.5 Å². The van der Waals surface area contributed by atoms with Crippen LogP contribution in [0.4, 0.5) is 0 Å². The third-order valence-corrected chi connectivity index (χ3v) is 15.7. The van der Waals surface area contributed by atoms with Gasteiger partial charge in [-0.3, -0.25) is 19.2 Å². The molecule has 0 aromatic rings. The number of Topliss-reactive ketones (excluding diaryl/α,β-unsaturated/α-hetero) is 1. The quantitative estimate of drug-likeness (QED) is 0.260. The molecule has 0 saturated heterocycles. The topological polar surface area (TPSA) is 127 Å². The summed E-state index contributed by atoms with van der Waals surface area (Å²) in [5.74, 6) is 0.261. The van der Waals surface area contributed by atoms with Crippen LogP contribution in [0, 0.1) is 56.2 Å². The Morgan fingerprint density at radius 1 is 0.980 bits per heavy atom. The predicted molar refractivity (Wildman–Crippen MR) is 189 cm³/mol. The van der Waals surface area contributed by atoms with Crippen molar-refractivity contribution in [1.82, 2.24) is 4.90 Å². The van der Waals surface area contributed by atoms with Crippen LogP contribution in [0.2, 0.25) is 0 Å². The van der Waals surface area contributed by atoms with E-state index < -0.39 is 22.8 Å². The number of carbonyl (C=O) groups excluding carboxylic acids is 3. The van der Waals surface area contributed by atoms with Gasteiger partial charge in [-0.2, -0.15) is 0 Å². The summed E-state index contributed by atoms with van der Waals surface area (Å²) < 4.78 is 6.16. The number of ketones is 2. The van der Waals surface area contributed by atoms with E-state index >= 15 is 0 Å². The van der Waals surface area contributed by atoms with Crippen molar-refractivity contribution in [3.05, 3.63) is 22.9 Å². The van der Waals surface area contributed by atoms with Gasteiger partial charge in [-0.1, -0.05) is 48.5 Å². The first kappa shape index (κ1) is 36.3. The van der Waals surface area contributed by atoms with E-state index in [0.717, 1.165) is 62.6 Å². The van der Waals surface area contributed by atoms with Crippen LogP contribution in [0.3, 0.4) is 0 Å². The van der Waals surface area contributed by atoms with Gasteiger partial charge < -0.3 is 20.5 Å². The number of ether oxygens (including phenoxy) is 1. The fourth-order valence-corrected chi connectivity index (χ4v) is 13.1. The van der Waals surface area contributed by atoms with Crippen molar-refractivity contribution in [2.75, 3.05) is 19.6 Å². The highest BCUT2D eigenvalue weighted by Crippen LogP contribution is 2.77. The molecule has 1 aliphatic heterocycles. The molecule has 3 N–H and O–H groups in total. The summed E-state index contributed by atoms with van der Waals surface area (Å²) >= 11 is 0. The number of esters is 1. The van der Waals surface area contributed by atoms with Crippen molar-refractivity contribution in [3.8, 4) is 0 Å². The molecule has 49 heavy (non-hydrogen) atoms. The second-order valence-corrected chi connectivity index (χ2v) is 19.2. The number of hydrogen-bond acceptors (Lipinski definition) is 7. The molecular weight excluding hydrogens is 616 g/mol. The molecule has 0 aromatic carbocycles. The summed E-state index contributed by atoms with van der Waals surface area (Å²) in [5.41, 5.74) is 7.81. The number of fused-ring (bicyclic) bond motifs is 7. The lowest BCUT2D eigenvalue weighted by molar-refractivity contribution is -0.233. The SMILES string of the molecule is CC(C)C1=C2[C@H]3CC[C@@H]4[C@@]5(C)CC[C@H](OC(=O)CC(C)(C)C(=O)O)C(C)(C)[C@@H]5CC[C@@]4(C)[C@]3(C)CCC2(C2=CC(=O)CN2CCN)CC1=O. The Morgan fingerprint density at radius 2 is 1.67 bits per heavy atom. The summed E-state index contributed by atoms with van der Waals surface area (Å²) in [7, 11) is 0. The number of nitrogens with two attached hydrogens (primary N) is 1. The first-order valence-electron chi connectivity index (χ1n) is 19.1. The van der Waals surface area contributed by atoms with Gasteiger partial charge in [0.05, 0.1) is 18.4 Å². The van der Waals surface area contributed by atoms with Gasteiger partial charge in [0.1, 0.15) is 6.10 Å². The molecule has 5 aliphatic carbocycles. The lowest BCUT2D eigenvalue weighted by atomic mass is 9.33. The number of carbonyl (C=O) groups is 4. The van der Waals surface area contributed by atoms with Gasteiger partial charge in [0.15, 0.2) is 11.6 Å². The molecule has 8 heteroatoms. The van der Waals surface area contributed by atoms with Crippen molar-refractivity contribution in [3.63, 3.8) is 0 Å². The molecule has 6 aliphatic rings. The lowest BCUT2D eigenvalue weighted by Crippen LogP contribution is -2.66. The summed E-state index contributed by atoms with van der Waals surface area (Å²) in [4.78, 5) is 54.0. The minimum atomic E-state index is -1.16. The number of nitrogens with zero attached hydrogens (tertiary/aromatic N) is 1. The average Bonchev–Trinajstić information content (AvgIpc) is 3.51. The third kappa shape index (κ3) is 5.14. The minimum absolute atomic E-state index is 0.00519. The van der Waals surface area contributed by atoms with E-state index in [0.29, 0.717) is 37.9 Å². The Labute approximate surface area is 294 Å². The largest absolute Gasteiger partial charge is 0.481 e. The highest BCUT2D eigenvalue weighted by molar-refractivity contribution is 6.02. The van der Waals surface area contributed by atoms with E-state index in [1.807, 2.05) is 6.08 Å². The Hall–Kier alpha value is -2.48. The first-order chi connectivity index (χ1) is 22.7. The van der Waals surface area contributed by atoms with E-state index in [1.54, 1.807) is 13.8 Å². The van der Waals surface area contributed by atoms with Gasteiger partial charge in [-0.25, -0.2) is 0 Å². The van der Waals surface area contributed by atoms with Gasteiger partial charge in [0.2, 0.25) is 0 Å². The van der Waals surface area contributed by atoms with Crippen molar-refractivity contribution in [1.29, 1.82) is 0 Å². The first-order valence-corrected chi connectivity index (χ1v) is 19.1. The Bertz CT molecular complexity index is 1510. The molecule has 0 amide bonds. The Kier molecular flexibility index (Phi) is 8.73. The fourth-order valence-electron chi connectivity index (χ4n) is 13.1. The number of carboxylic acids is 1. The van der Waals surface area contributed by atoms with Crippen molar-refractivity contribution in [2.24, 2.45) is 61.9 Å². The van der Waals surface area contributed by atoms with Gasteiger partial charge in [-0.05, 0) is 116 Å². The average molecular weight is 679 g/mol. The molecule has 0 aromatic heterocycles. The molecule has 1 unspecified atom stereocenters. The van der Waals surface area contributed by atoms with Crippen LogP contribution in [0.1, 0.15) is 127 Å². The van der Waals surface area contributed by atoms with Crippen LogP contribution in [0.5, 0.6) is 0 Å². The Balaban J connectivity index is 1.33. The standard InChI is InChI=1S/C41H62N2O6/c1-24(2)33-27(45)21-41(30-20-25(44)23-43(30)19-18-42)17-16-39(8)26(34(33)41)10-11-29-38(7)14-13-31(49-32(46)22-36(3,4)35(47)48)37(5,6)28(38)12-15-40(29,39)9/h20,24,26,28-29,31H,10-19,21-23,42H2,1-9H3,(H,47,48)/t26-,28+,29-,31+,38+,39-,40-,41?/m1/s1. The maximum absolute atomic E-state index is 14.1. The molecule has 0 bridgehead atoms. The van der Waals surface area contributed by atoms with Crippen LogP contribution in [-0.4, -0.2) is 59.2 Å². The van der Waals surface area contributed by atoms with Crippen LogP contribution >= 0.6 is 0 Å². The molecule has 0 spiro atoms. The number of carboxylic acid groups (broad SMARTS) is 1. The van der Waals surface area contributed by atoms with E-state index in [9.17, 15) is 24.3 Å². The van der Waals surface area contributed by atoms with Crippen molar-refractivity contribution >= 4 is 23.5 Å². The summed E-state index contributed by atoms with van der Waals surface area (Å²) in [5, 5.41) is 9.59. The van der Waals surface area contributed by atoms with Crippen LogP contribution in [-0.2, 0) is 23.9 Å². The highest BCUT2D eigenvalue weighted by Gasteiger charge is 2.71. The molecule has 8 atom stereocenters. The molecule has 272 valence electrons. The van der Waals surface area contributed by atoms with Crippen LogP contribution < -0.4 is 5.73 Å².